The SMILES string of the molecule is Cc1cc(Cl)c(N2NN(C(F)(F)F)C=C2N(C)C)cc1S. The number of nitrogens with one attached hydrogen (secondary N) is 1. The Balaban J connectivity index is 2.44. The highest BCUT2D eigenvalue weighted by molar-refractivity contribution is 7.80. The molecular formula is C12H14ClF3N4S. The minimum atomic E-state index is -4.54. The van der Waals surface area contributed by atoms with Crippen LogP contribution in [0.4, 0.5) is 18.9 Å². The van der Waals surface area contributed by atoms with E-state index in [1.807, 2.05) is 6.92 Å². The first-order chi connectivity index (χ1) is 9.61. The third-order valence-electron chi connectivity index (χ3n) is 2.92. The summed E-state index contributed by atoms with van der Waals surface area (Å²) in [6.45, 7) is 1.82. The first-order valence-electron chi connectivity index (χ1n) is 5.92. The molecule has 1 aromatic rings. The van der Waals surface area contributed by atoms with Crippen molar-refractivity contribution in [3.8, 4) is 0 Å². The molecule has 9 heteroatoms. The highest BCUT2D eigenvalue weighted by Crippen LogP contribution is 2.35. The van der Waals surface area contributed by atoms with Crippen molar-refractivity contribution in [2.75, 3.05) is 19.1 Å². The summed E-state index contributed by atoms with van der Waals surface area (Å²) in [6, 6.07) is 3.27. The summed E-state index contributed by atoms with van der Waals surface area (Å²) in [5, 5.41) is 1.65. The average Bonchev–Trinajstić information content (AvgIpc) is 2.78. The largest absolute Gasteiger partial charge is 0.500 e. The van der Waals surface area contributed by atoms with Crippen molar-refractivity contribution < 1.29 is 13.2 Å². The lowest BCUT2D eigenvalue weighted by atomic mass is 10.2. The minimum Gasteiger partial charge on any atom is -0.362 e. The lowest BCUT2D eigenvalue weighted by Gasteiger charge is -2.28. The van der Waals surface area contributed by atoms with E-state index in [-0.39, 0.29) is 5.01 Å². The standard InChI is InChI=1S/C12H14ClF3N4S/c1-7-4-8(13)9(5-10(7)21)20-11(18(2)3)6-19(17-20)12(14,15)16/h4-6,17,21H,1-3H3. The van der Waals surface area contributed by atoms with Gasteiger partial charge in [-0.1, -0.05) is 11.6 Å². The molecule has 0 saturated carbocycles. The van der Waals surface area contributed by atoms with E-state index >= 15 is 0 Å². The Hall–Kier alpha value is -1.25. The quantitative estimate of drug-likeness (QED) is 0.637. The molecule has 1 aliphatic heterocycles. The van der Waals surface area contributed by atoms with Gasteiger partial charge in [0.25, 0.3) is 0 Å². The number of hydrazine groups is 2. The van der Waals surface area contributed by atoms with E-state index in [1.165, 1.54) is 5.01 Å². The molecule has 2 rings (SSSR count). The van der Waals surface area contributed by atoms with Gasteiger partial charge in [-0.3, -0.25) is 0 Å². The van der Waals surface area contributed by atoms with E-state index in [9.17, 15) is 13.2 Å². The van der Waals surface area contributed by atoms with Gasteiger partial charge in [0.05, 0.1) is 16.9 Å². The second-order valence-corrected chi connectivity index (χ2v) is 5.63. The Morgan fingerprint density at radius 2 is 1.90 bits per heavy atom. The molecule has 21 heavy (non-hydrogen) atoms. The van der Waals surface area contributed by atoms with Crippen molar-refractivity contribution in [3.05, 3.63) is 34.7 Å². The van der Waals surface area contributed by atoms with Gasteiger partial charge in [-0.05, 0) is 24.6 Å². The molecule has 0 unspecified atom stereocenters. The fourth-order valence-corrected chi connectivity index (χ4v) is 2.29. The van der Waals surface area contributed by atoms with Crippen LogP contribution < -0.4 is 10.5 Å². The normalized spacial score (nSPS) is 15.5. The third-order valence-corrected chi connectivity index (χ3v) is 3.70. The molecule has 0 atom stereocenters. The molecule has 0 radical (unpaired) electrons. The Morgan fingerprint density at radius 1 is 1.29 bits per heavy atom. The van der Waals surface area contributed by atoms with E-state index in [0.717, 1.165) is 11.8 Å². The zero-order valence-corrected chi connectivity index (χ0v) is 13.2. The topological polar surface area (TPSA) is 21.8 Å². The van der Waals surface area contributed by atoms with Crippen molar-refractivity contribution >= 4 is 29.9 Å². The van der Waals surface area contributed by atoms with Crippen molar-refractivity contribution in [2.45, 2.75) is 18.1 Å². The van der Waals surface area contributed by atoms with Crippen molar-refractivity contribution in [1.29, 1.82) is 0 Å². The monoisotopic (exact) mass is 338 g/mol. The highest BCUT2D eigenvalue weighted by atomic mass is 35.5. The van der Waals surface area contributed by atoms with Gasteiger partial charge >= 0.3 is 6.30 Å². The van der Waals surface area contributed by atoms with Crippen LogP contribution >= 0.6 is 24.2 Å². The predicted molar refractivity (Wildman–Crippen MR) is 78.7 cm³/mol. The summed E-state index contributed by atoms with van der Waals surface area (Å²) in [5.41, 5.74) is 3.49. The predicted octanol–water partition coefficient (Wildman–Crippen LogP) is 3.36. The lowest BCUT2D eigenvalue weighted by molar-refractivity contribution is -0.241. The molecule has 1 heterocycles. The van der Waals surface area contributed by atoms with Crippen LogP contribution in [0.5, 0.6) is 0 Å². The minimum absolute atomic E-state index is 0.0662. The van der Waals surface area contributed by atoms with Gasteiger partial charge in [-0.25, -0.2) is 10.0 Å². The Morgan fingerprint density at radius 3 is 2.43 bits per heavy atom. The van der Waals surface area contributed by atoms with Crippen LogP contribution in [0.15, 0.2) is 29.0 Å². The second-order valence-electron chi connectivity index (χ2n) is 4.75. The molecular weight excluding hydrogens is 325 g/mol. The lowest BCUT2D eigenvalue weighted by Crippen LogP contribution is -2.48. The zero-order valence-electron chi connectivity index (χ0n) is 11.5. The molecule has 0 aromatic heterocycles. The van der Waals surface area contributed by atoms with Crippen molar-refractivity contribution in [1.82, 2.24) is 15.4 Å². The summed E-state index contributed by atoms with van der Waals surface area (Å²) < 4.78 is 38.6. The smallest absolute Gasteiger partial charge is 0.362 e. The van der Waals surface area contributed by atoms with Crippen LogP contribution in [-0.2, 0) is 0 Å². The Bertz CT molecular complexity index is 589. The van der Waals surface area contributed by atoms with E-state index in [0.29, 0.717) is 21.4 Å². The summed E-state index contributed by atoms with van der Waals surface area (Å²) in [5.74, 6) is 0.297. The van der Waals surface area contributed by atoms with Crippen LogP contribution in [0.3, 0.4) is 0 Å². The Kier molecular flexibility index (Phi) is 4.23. The number of rotatable bonds is 2. The summed E-state index contributed by atoms with van der Waals surface area (Å²) >= 11 is 10.4. The molecule has 116 valence electrons. The van der Waals surface area contributed by atoms with E-state index in [4.69, 9.17) is 11.6 Å². The second kappa shape index (κ2) is 5.51. The molecule has 1 N–H and O–H groups in total. The number of benzene rings is 1. The number of hydrogen-bond donors (Lipinski definition) is 2. The van der Waals surface area contributed by atoms with Gasteiger partial charge in [0.1, 0.15) is 5.82 Å². The number of halogens is 4. The maximum Gasteiger partial charge on any atom is 0.500 e. The average molecular weight is 339 g/mol. The first kappa shape index (κ1) is 16.1. The van der Waals surface area contributed by atoms with Crippen LogP contribution in [0, 0.1) is 6.92 Å². The van der Waals surface area contributed by atoms with Gasteiger partial charge in [0.2, 0.25) is 0 Å². The highest BCUT2D eigenvalue weighted by Gasteiger charge is 2.42. The van der Waals surface area contributed by atoms with Gasteiger partial charge in [-0.2, -0.15) is 0 Å². The van der Waals surface area contributed by atoms with Crippen molar-refractivity contribution in [2.24, 2.45) is 0 Å². The molecule has 0 fully saturated rings. The van der Waals surface area contributed by atoms with E-state index < -0.39 is 6.30 Å². The maximum atomic E-state index is 12.9. The molecule has 0 bridgehead atoms. The fraction of sp³-hybridized carbons (Fsp3) is 0.333. The zero-order chi connectivity index (χ0) is 15.9. The molecule has 1 aromatic carbocycles. The summed E-state index contributed by atoms with van der Waals surface area (Å²) in [4.78, 5) is 2.19. The number of alkyl halides is 3. The third kappa shape index (κ3) is 3.17. The van der Waals surface area contributed by atoms with E-state index in [1.54, 1.807) is 31.1 Å². The number of hydrogen-bond acceptors (Lipinski definition) is 5. The summed E-state index contributed by atoms with van der Waals surface area (Å²) in [7, 11) is 3.29. The number of thiol groups is 1. The Labute approximate surface area is 131 Å². The maximum absolute atomic E-state index is 12.9. The molecule has 4 nitrogen and oxygen atoms in total. The molecule has 0 spiro atoms. The van der Waals surface area contributed by atoms with Crippen LogP contribution in [-0.4, -0.2) is 30.3 Å². The molecule has 0 aliphatic carbocycles. The molecule has 0 amide bonds. The van der Waals surface area contributed by atoms with Crippen LogP contribution in [0.1, 0.15) is 5.56 Å². The molecule has 1 aliphatic rings. The number of aryl methyl sites for hydroxylation is 1. The number of anilines is 1. The fourth-order valence-electron chi connectivity index (χ4n) is 1.81. The van der Waals surface area contributed by atoms with Gasteiger partial charge in [0.15, 0.2) is 0 Å². The summed E-state index contributed by atoms with van der Waals surface area (Å²) in [6.07, 6.45) is -3.59. The van der Waals surface area contributed by atoms with Crippen molar-refractivity contribution in [3.63, 3.8) is 0 Å². The van der Waals surface area contributed by atoms with Crippen LogP contribution in [0.2, 0.25) is 5.02 Å². The van der Waals surface area contributed by atoms with Crippen LogP contribution in [0.25, 0.3) is 0 Å². The molecule has 0 saturated heterocycles. The van der Waals surface area contributed by atoms with Gasteiger partial charge < -0.3 is 4.90 Å². The first-order valence-corrected chi connectivity index (χ1v) is 6.74. The van der Waals surface area contributed by atoms with Gasteiger partial charge in [-0.15, -0.1) is 31.3 Å². The number of nitrogens with zero attached hydrogens (tertiary/aromatic N) is 3. The van der Waals surface area contributed by atoms with E-state index in [2.05, 4.69) is 18.2 Å². The van der Waals surface area contributed by atoms with Gasteiger partial charge in [0, 0.05) is 19.0 Å².